The van der Waals surface area contributed by atoms with E-state index in [0.717, 1.165) is 24.3 Å². The maximum Gasteiger partial charge on any atom is 0.271 e. The first-order chi connectivity index (χ1) is 12.5. The number of hydrogen-bond donors (Lipinski definition) is 0. The molecule has 0 aromatic heterocycles. The number of ether oxygens (including phenoxy) is 1. The Kier molecular flexibility index (Phi) is 5.95. The quantitative estimate of drug-likeness (QED) is 0.580. The first kappa shape index (κ1) is 18.9. The van der Waals surface area contributed by atoms with E-state index in [9.17, 15) is 14.9 Å². The van der Waals surface area contributed by atoms with Crippen molar-refractivity contribution in [2.45, 2.75) is 6.92 Å². The van der Waals surface area contributed by atoms with Crippen molar-refractivity contribution in [3.05, 3.63) is 32.8 Å². The molecule has 26 heavy (non-hydrogen) atoms. The Bertz CT molecular complexity index is 662. The Hall–Kier alpha value is -1.90. The molecule has 2 aliphatic heterocycles. The number of carbonyl (C=O) groups excluding carboxylic acids is 1. The maximum atomic E-state index is 12.5. The number of nitro benzene ring substituents is 1. The number of amides is 1. The predicted octanol–water partition coefficient (Wildman–Crippen LogP) is 1.54. The molecule has 2 aliphatic rings. The van der Waals surface area contributed by atoms with Gasteiger partial charge >= 0.3 is 0 Å². The normalized spacial score (nSPS) is 18.8. The van der Waals surface area contributed by atoms with Crippen LogP contribution >= 0.6 is 11.6 Å². The molecule has 2 heterocycles. The molecule has 1 aromatic carbocycles. The minimum Gasteiger partial charge on any atom is -0.379 e. The van der Waals surface area contributed by atoms with Gasteiger partial charge in [0, 0.05) is 51.4 Å². The van der Waals surface area contributed by atoms with Crippen molar-refractivity contribution in [1.29, 1.82) is 0 Å². The van der Waals surface area contributed by atoms with Gasteiger partial charge < -0.3 is 14.5 Å². The van der Waals surface area contributed by atoms with Crippen molar-refractivity contribution in [1.82, 2.24) is 9.80 Å². The molecule has 0 unspecified atom stereocenters. The molecule has 9 heteroatoms. The van der Waals surface area contributed by atoms with Crippen LogP contribution in [0.3, 0.4) is 0 Å². The Morgan fingerprint density at radius 3 is 2.42 bits per heavy atom. The van der Waals surface area contributed by atoms with Gasteiger partial charge in [-0.15, -0.1) is 0 Å². The molecule has 0 bridgehead atoms. The van der Waals surface area contributed by atoms with Crippen LogP contribution in [-0.2, 0) is 9.53 Å². The van der Waals surface area contributed by atoms with Gasteiger partial charge in [-0.25, -0.2) is 0 Å². The zero-order chi connectivity index (χ0) is 18.7. The smallest absolute Gasteiger partial charge is 0.271 e. The summed E-state index contributed by atoms with van der Waals surface area (Å²) < 4.78 is 5.31. The van der Waals surface area contributed by atoms with Gasteiger partial charge in [-0.1, -0.05) is 11.6 Å². The zero-order valence-corrected chi connectivity index (χ0v) is 15.6. The minimum atomic E-state index is -0.440. The molecule has 0 saturated carbocycles. The number of benzene rings is 1. The summed E-state index contributed by atoms with van der Waals surface area (Å²) in [6, 6.07) is 2.93. The van der Waals surface area contributed by atoms with Crippen LogP contribution in [-0.4, -0.2) is 79.7 Å². The number of non-ortho nitro benzene ring substituents is 1. The zero-order valence-electron chi connectivity index (χ0n) is 14.8. The van der Waals surface area contributed by atoms with Gasteiger partial charge in [0.2, 0.25) is 5.91 Å². The van der Waals surface area contributed by atoms with E-state index in [-0.39, 0.29) is 11.6 Å². The second-order valence-corrected chi connectivity index (χ2v) is 7.01. The molecule has 1 aromatic rings. The lowest BCUT2D eigenvalue weighted by Crippen LogP contribution is -2.52. The Morgan fingerprint density at radius 1 is 1.19 bits per heavy atom. The molecule has 3 rings (SSSR count). The van der Waals surface area contributed by atoms with E-state index < -0.39 is 4.92 Å². The van der Waals surface area contributed by atoms with Crippen LogP contribution < -0.4 is 4.90 Å². The minimum absolute atomic E-state index is 0.00410. The number of aryl methyl sites for hydroxylation is 1. The van der Waals surface area contributed by atoms with Crippen molar-refractivity contribution >= 4 is 28.9 Å². The molecule has 0 atom stereocenters. The van der Waals surface area contributed by atoms with Crippen LogP contribution in [0, 0.1) is 17.0 Å². The van der Waals surface area contributed by atoms with Crippen molar-refractivity contribution < 1.29 is 14.5 Å². The van der Waals surface area contributed by atoms with Crippen molar-refractivity contribution in [3.63, 3.8) is 0 Å². The molecule has 8 nitrogen and oxygen atoms in total. The third-order valence-corrected chi connectivity index (χ3v) is 5.15. The van der Waals surface area contributed by atoms with E-state index in [2.05, 4.69) is 9.80 Å². The number of morpholine rings is 1. The largest absolute Gasteiger partial charge is 0.379 e. The molecule has 0 N–H and O–H groups in total. The van der Waals surface area contributed by atoms with Crippen LogP contribution in [0.25, 0.3) is 0 Å². The van der Waals surface area contributed by atoms with Crippen molar-refractivity contribution in [2.24, 2.45) is 0 Å². The first-order valence-electron chi connectivity index (χ1n) is 8.73. The number of hydrogen-bond acceptors (Lipinski definition) is 6. The second kappa shape index (κ2) is 8.20. The Morgan fingerprint density at radius 2 is 1.85 bits per heavy atom. The van der Waals surface area contributed by atoms with Gasteiger partial charge in [0.25, 0.3) is 5.69 Å². The molecule has 0 radical (unpaired) electrons. The third-order valence-electron chi connectivity index (χ3n) is 4.86. The number of nitro groups is 1. The van der Waals surface area contributed by atoms with Gasteiger partial charge in [-0.3, -0.25) is 19.8 Å². The predicted molar refractivity (Wildman–Crippen MR) is 98.9 cm³/mol. The number of rotatable bonds is 4. The van der Waals surface area contributed by atoms with Gasteiger partial charge in [0.15, 0.2) is 0 Å². The number of halogens is 1. The summed E-state index contributed by atoms with van der Waals surface area (Å²) in [5, 5.41) is 11.3. The van der Waals surface area contributed by atoms with Crippen LogP contribution in [0.5, 0.6) is 0 Å². The lowest BCUT2D eigenvalue weighted by Gasteiger charge is -2.38. The maximum absolute atomic E-state index is 12.5. The number of piperazine rings is 1. The fourth-order valence-electron chi connectivity index (χ4n) is 3.45. The van der Waals surface area contributed by atoms with Gasteiger partial charge in [0.05, 0.1) is 35.4 Å². The first-order valence-corrected chi connectivity index (χ1v) is 9.11. The monoisotopic (exact) mass is 382 g/mol. The summed E-state index contributed by atoms with van der Waals surface area (Å²) in [5.74, 6) is 0.137. The SMILES string of the molecule is Cc1cc([N+](=O)[O-])cc(Cl)c1N1CCN(C(=O)CN2CCOCC2)CC1. The Labute approximate surface area is 157 Å². The summed E-state index contributed by atoms with van der Waals surface area (Å²) in [4.78, 5) is 29.1. The van der Waals surface area contributed by atoms with Crippen molar-refractivity contribution in [2.75, 3.05) is 63.9 Å². The number of anilines is 1. The second-order valence-electron chi connectivity index (χ2n) is 6.61. The molecular formula is C17H23ClN4O4. The standard InChI is InChI=1S/C17H23ClN4O4/c1-13-10-14(22(24)25)11-15(18)17(13)21-4-2-20(3-5-21)16(23)12-19-6-8-26-9-7-19/h10-11H,2-9,12H2,1H3. The average molecular weight is 383 g/mol. The van der Waals surface area contributed by atoms with Gasteiger partial charge in [-0.2, -0.15) is 0 Å². The molecule has 2 fully saturated rings. The summed E-state index contributed by atoms with van der Waals surface area (Å²) in [6.45, 7) is 7.77. The fraction of sp³-hybridized carbons (Fsp3) is 0.588. The molecular weight excluding hydrogens is 360 g/mol. The lowest BCUT2D eigenvalue weighted by molar-refractivity contribution is -0.384. The van der Waals surface area contributed by atoms with Gasteiger partial charge in [0.1, 0.15) is 0 Å². The number of carbonyl (C=O) groups is 1. The summed E-state index contributed by atoms with van der Waals surface area (Å²) in [5.41, 5.74) is 1.59. The van der Waals surface area contributed by atoms with Crippen molar-refractivity contribution in [3.8, 4) is 0 Å². The van der Waals surface area contributed by atoms with Crippen LogP contribution in [0.15, 0.2) is 12.1 Å². The lowest BCUT2D eigenvalue weighted by atomic mass is 10.1. The molecule has 142 valence electrons. The summed E-state index contributed by atoms with van der Waals surface area (Å²) in [7, 11) is 0. The van der Waals surface area contributed by atoms with Crippen LogP contribution in [0.2, 0.25) is 5.02 Å². The molecule has 1 amide bonds. The van der Waals surface area contributed by atoms with E-state index in [1.807, 2.05) is 11.8 Å². The Balaban J connectivity index is 1.60. The number of nitrogens with zero attached hydrogens (tertiary/aromatic N) is 4. The highest BCUT2D eigenvalue weighted by atomic mass is 35.5. The van der Waals surface area contributed by atoms with Crippen LogP contribution in [0.4, 0.5) is 11.4 Å². The van der Waals surface area contributed by atoms with Crippen LogP contribution in [0.1, 0.15) is 5.56 Å². The third kappa shape index (κ3) is 4.25. The molecule has 0 spiro atoms. The van der Waals surface area contributed by atoms with E-state index in [0.29, 0.717) is 51.0 Å². The molecule has 0 aliphatic carbocycles. The highest BCUT2D eigenvalue weighted by Crippen LogP contribution is 2.34. The van der Waals surface area contributed by atoms with E-state index in [1.165, 1.54) is 12.1 Å². The topological polar surface area (TPSA) is 79.2 Å². The summed E-state index contributed by atoms with van der Waals surface area (Å²) in [6.07, 6.45) is 0. The van der Waals surface area contributed by atoms with Gasteiger partial charge in [-0.05, 0) is 12.5 Å². The van der Waals surface area contributed by atoms with E-state index >= 15 is 0 Å². The fourth-order valence-corrected chi connectivity index (χ4v) is 3.83. The summed E-state index contributed by atoms with van der Waals surface area (Å²) >= 11 is 6.29. The van der Waals surface area contributed by atoms with E-state index in [1.54, 1.807) is 0 Å². The molecule has 2 saturated heterocycles. The van der Waals surface area contributed by atoms with E-state index in [4.69, 9.17) is 16.3 Å². The highest BCUT2D eigenvalue weighted by Gasteiger charge is 2.26. The highest BCUT2D eigenvalue weighted by molar-refractivity contribution is 6.33. The average Bonchev–Trinajstić information content (AvgIpc) is 2.62.